The molecule has 3 amide bonds. The lowest BCUT2D eigenvalue weighted by Gasteiger charge is -2.36. The lowest BCUT2D eigenvalue weighted by Crippen LogP contribution is -2.49. The van der Waals surface area contributed by atoms with Crippen LogP contribution in [0.4, 0.5) is 20.6 Å². The SMILES string of the molecule is COC(=O)N1CCN(c2ccc(C(=O)N3CCCNCC3)cc2NC(=O)c2cccc(F)c2)CC1. The summed E-state index contributed by atoms with van der Waals surface area (Å²) in [4.78, 5) is 43.5. The summed E-state index contributed by atoms with van der Waals surface area (Å²) in [7, 11) is 1.35. The van der Waals surface area contributed by atoms with Gasteiger partial charge in [0, 0.05) is 56.9 Å². The van der Waals surface area contributed by atoms with E-state index in [-0.39, 0.29) is 17.6 Å². The molecule has 2 fully saturated rings. The van der Waals surface area contributed by atoms with Crippen molar-refractivity contribution >= 4 is 29.3 Å². The molecular formula is C25H30FN5O4. The first kappa shape index (κ1) is 24.5. The molecule has 0 saturated carbocycles. The molecule has 0 atom stereocenters. The number of anilines is 2. The van der Waals surface area contributed by atoms with Gasteiger partial charge in [-0.1, -0.05) is 6.07 Å². The van der Waals surface area contributed by atoms with E-state index in [0.29, 0.717) is 50.5 Å². The van der Waals surface area contributed by atoms with Gasteiger partial charge in [0.25, 0.3) is 11.8 Å². The van der Waals surface area contributed by atoms with Gasteiger partial charge in [-0.15, -0.1) is 0 Å². The monoisotopic (exact) mass is 483 g/mol. The van der Waals surface area contributed by atoms with Gasteiger partial charge in [0.1, 0.15) is 5.82 Å². The minimum absolute atomic E-state index is 0.1000. The van der Waals surface area contributed by atoms with Crippen LogP contribution >= 0.6 is 0 Å². The molecule has 2 saturated heterocycles. The zero-order chi connectivity index (χ0) is 24.8. The van der Waals surface area contributed by atoms with Gasteiger partial charge in [0.15, 0.2) is 0 Å². The predicted octanol–water partition coefficient (Wildman–Crippen LogP) is 2.40. The summed E-state index contributed by atoms with van der Waals surface area (Å²) in [6.45, 7) is 4.87. The van der Waals surface area contributed by atoms with Gasteiger partial charge < -0.3 is 30.1 Å². The summed E-state index contributed by atoms with van der Waals surface area (Å²) in [5.41, 5.74) is 1.85. The first-order valence-electron chi connectivity index (χ1n) is 11.7. The highest BCUT2D eigenvalue weighted by Crippen LogP contribution is 2.30. The van der Waals surface area contributed by atoms with Crippen LogP contribution < -0.4 is 15.5 Å². The van der Waals surface area contributed by atoms with Crippen LogP contribution in [0.3, 0.4) is 0 Å². The second-order valence-electron chi connectivity index (χ2n) is 8.54. The number of amides is 3. The highest BCUT2D eigenvalue weighted by Gasteiger charge is 2.25. The number of halogens is 1. The van der Waals surface area contributed by atoms with Crippen molar-refractivity contribution in [2.24, 2.45) is 0 Å². The Bertz CT molecular complexity index is 1080. The van der Waals surface area contributed by atoms with Crippen LogP contribution in [-0.4, -0.2) is 87.2 Å². The molecule has 0 bridgehead atoms. The number of ether oxygens (including phenoxy) is 1. The fraction of sp³-hybridized carbons (Fsp3) is 0.400. The Hall–Kier alpha value is -3.66. The lowest BCUT2D eigenvalue weighted by atomic mass is 10.1. The third-order valence-electron chi connectivity index (χ3n) is 6.26. The Balaban J connectivity index is 1.60. The summed E-state index contributed by atoms with van der Waals surface area (Å²) < 4.78 is 18.5. The van der Waals surface area contributed by atoms with E-state index in [4.69, 9.17) is 4.74 Å². The molecule has 0 aliphatic carbocycles. The van der Waals surface area contributed by atoms with E-state index in [1.54, 1.807) is 17.0 Å². The maximum absolute atomic E-state index is 13.7. The van der Waals surface area contributed by atoms with Crippen molar-refractivity contribution in [3.63, 3.8) is 0 Å². The van der Waals surface area contributed by atoms with Crippen LogP contribution in [0.25, 0.3) is 0 Å². The fourth-order valence-electron chi connectivity index (χ4n) is 4.36. The van der Waals surface area contributed by atoms with Gasteiger partial charge in [-0.3, -0.25) is 9.59 Å². The number of methoxy groups -OCH3 is 1. The summed E-state index contributed by atoms with van der Waals surface area (Å²) in [6, 6.07) is 10.7. The first-order chi connectivity index (χ1) is 17.0. The van der Waals surface area contributed by atoms with Gasteiger partial charge in [-0.2, -0.15) is 0 Å². The molecule has 0 spiro atoms. The van der Waals surface area contributed by atoms with E-state index in [0.717, 1.165) is 25.2 Å². The molecule has 9 nitrogen and oxygen atoms in total. The highest BCUT2D eigenvalue weighted by atomic mass is 19.1. The van der Waals surface area contributed by atoms with Crippen LogP contribution in [0.5, 0.6) is 0 Å². The van der Waals surface area contributed by atoms with Crippen LogP contribution in [0.2, 0.25) is 0 Å². The Morgan fingerprint density at radius 1 is 0.914 bits per heavy atom. The predicted molar refractivity (Wildman–Crippen MR) is 130 cm³/mol. The molecule has 2 N–H and O–H groups in total. The maximum Gasteiger partial charge on any atom is 0.409 e. The topological polar surface area (TPSA) is 94.2 Å². The van der Waals surface area contributed by atoms with E-state index in [9.17, 15) is 18.8 Å². The number of nitrogens with zero attached hydrogens (tertiary/aromatic N) is 3. The molecular weight excluding hydrogens is 453 g/mol. The van der Waals surface area contributed by atoms with Gasteiger partial charge in [-0.05, 0) is 49.4 Å². The smallest absolute Gasteiger partial charge is 0.409 e. The number of hydrogen-bond acceptors (Lipinski definition) is 6. The first-order valence-corrected chi connectivity index (χ1v) is 11.7. The summed E-state index contributed by atoms with van der Waals surface area (Å²) in [6.07, 6.45) is 0.495. The Morgan fingerprint density at radius 3 is 2.46 bits per heavy atom. The molecule has 4 rings (SSSR count). The average molecular weight is 484 g/mol. The van der Waals surface area contributed by atoms with Crippen LogP contribution in [0, 0.1) is 5.82 Å². The molecule has 35 heavy (non-hydrogen) atoms. The lowest BCUT2D eigenvalue weighted by molar-refractivity contribution is 0.0766. The van der Waals surface area contributed by atoms with E-state index in [1.165, 1.54) is 31.4 Å². The molecule has 2 aromatic rings. The zero-order valence-electron chi connectivity index (χ0n) is 19.8. The molecule has 0 radical (unpaired) electrons. The van der Waals surface area contributed by atoms with Crippen molar-refractivity contribution in [2.45, 2.75) is 6.42 Å². The normalized spacial score (nSPS) is 16.5. The van der Waals surface area contributed by atoms with Crippen LogP contribution in [0.15, 0.2) is 42.5 Å². The minimum atomic E-state index is -0.504. The number of rotatable bonds is 4. The standard InChI is InChI=1S/C25H30FN5O4/c1-35-25(34)31-14-12-29(13-15-31)22-7-6-19(24(33)30-10-3-8-27-9-11-30)17-21(22)28-23(32)18-4-2-5-20(26)16-18/h2,4-7,16-17,27H,3,8-15H2,1H3,(H,28,32). The van der Waals surface area contributed by atoms with Gasteiger partial charge >= 0.3 is 6.09 Å². The Morgan fingerprint density at radius 2 is 1.71 bits per heavy atom. The van der Waals surface area contributed by atoms with Crippen molar-refractivity contribution in [1.82, 2.24) is 15.1 Å². The second kappa shape index (κ2) is 11.2. The number of carbonyl (C=O) groups is 3. The van der Waals surface area contributed by atoms with Gasteiger partial charge in [0.05, 0.1) is 18.5 Å². The Kier molecular flexibility index (Phi) is 7.81. The maximum atomic E-state index is 13.7. The molecule has 2 aromatic carbocycles. The number of hydrogen-bond donors (Lipinski definition) is 2. The highest BCUT2D eigenvalue weighted by molar-refractivity contribution is 6.07. The largest absolute Gasteiger partial charge is 0.453 e. The molecule has 0 unspecified atom stereocenters. The van der Waals surface area contributed by atoms with Crippen molar-refractivity contribution in [1.29, 1.82) is 0 Å². The fourth-order valence-corrected chi connectivity index (χ4v) is 4.36. The number of benzene rings is 2. The Labute approximate surface area is 203 Å². The molecule has 2 aliphatic rings. The number of nitrogens with one attached hydrogen (secondary N) is 2. The minimum Gasteiger partial charge on any atom is -0.453 e. The van der Waals surface area contributed by atoms with Crippen molar-refractivity contribution in [3.05, 3.63) is 59.4 Å². The summed E-state index contributed by atoms with van der Waals surface area (Å²) in [5.74, 6) is -1.07. The molecule has 2 heterocycles. The number of piperazine rings is 1. The second-order valence-corrected chi connectivity index (χ2v) is 8.54. The van der Waals surface area contributed by atoms with E-state index < -0.39 is 11.7 Å². The van der Waals surface area contributed by atoms with E-state index >= 15 is 0 Å². The van der Waals surface area contributed by atoms with E-state index in [1.807, 2.05) is 15.9 Å². The quantitative estimate of drug-likeness (QED) is 0.694. The average Bonchev–Trinajstić information content (AvgIpc) is 3.17. The summed E-state index contributed by atoms with van der Waals surface area (Å²) in [5, 5.41) is 6.16. The third kappa shape index (κ3) is 5.89. The number of carbonyl (C=O) groups excluding carboxylic acids is 3. The molecule has 0 aromatic heterocycles. The molecule has 186 valence electrons. The van der Waals surface area contributed by atoms with Crippen molar-refractivity contribution in [2.75, 3.05) is 69.7 Å². The van der Waals surface area contributed by atoms with Crippen LogP contribution in [-0.2, 0) is 4.74 Å². The molecule has 2 aliphatic heterocycles. The molecule has 10 heteroatoms. The third-order valence-corrected chi connectivity index (χ3v) is 6.26. The van der Waals surface area contributed by atoms with Crippen molar-refractivity contribution < 1.29 is 23.5 Å². The summed E-state index contributed by atoms with van der Waals surface area (Å²) >= 11 is 0. The van der Waals surface area contributed by atoms with Crippen LogP contribution in [0.1, 0.15) is 27.1 Å². The van der Waals surface area contributed by atoms with Crippen molar-refractivity contribution in [3.8, 4) is 0 Å². The van der Waals surface area contributed by atoms with Gasteiger partial charge in [0.2, 0.25) is 0 Å². The van der Waals surface area contributed by atoms with Gasteiger partial charge in [-0.25, -0.2) is 9.18 Å². The zero-order valence-corrected chi connectivity index (χ0v) is 19.8. The van der Waals surface area contributed by atoms with E-state index in [2.05, 4.69) is 10.6 Å².